The molecular formula is C28H31N5O2. The van der Waals surface area contributed by atoms with Crippen molar-refractivity contribution < 1.29 is 9.53 Å². The van der Waals surface area contributed by atoms with Gasteiger partial charge in [-0.25, -0.2) is 4.98 Å². The maximum atomic E-state index is 13.0. The number of nitrogens with one attached hydrogen (secondary N) is 2. The van der Waals surface area contributed by atoms with Gasteiger partial charge in [-0.2, -0.15) is 5.26 Å². The SMILES string of the molecule is C=C(C#N)CNc1c(OC)ccc2ccc(-c3cccc(C(=O)N[C@@H]4CCN(C)C[C@@H]4C)n3)cc12. The van der Waals surface area contributed by atoms with E-state index in [-0.39, 0.29) is 11.9 Å². The Labute approximate surface area is 206 Å². The molecule has 3 aromatic rings. The van der Waals surface area contributed by atoms with Crippen LogP contribution in [-0.4, -0.2) is 55.6 Å². The lowest BCUT2D eigenvalue weighted by molar-refractivity contribution is 0.0879. The van der Waals surface area contributed by atoms with Crippen LogP contribution in [0.3, 0.4) is 0 Å². The Hall–Kier alpha value is -3.89. The van der Waals surface area contributed by atoms with Crippen molar-refractivity contribution in [1.29, 1.82) is 5.26 Å². The number of ether oxygens (including phenoxy) is 1. The molecule has 2 aromatic carbocycles. The smallest absolute Gasteiger partial charge is 0.270 e. The second kappa shape index (κ2) is 10.6. The average Bonchev–Trinajstić information content (AvgIpc) is 2.88. The first-order chi connectivity index (χ1) is 16.9. The zero-order chi connectivity index (χ0) is 24.9. The van der Waals surface area contributed by atoms with Crippen LogP contribution in [0.4, 0.5) is 5.69 Å². The van der Waals surface area contributed by atoms with Crippen LogP contribution in [-0.2, 0) is 0 Å². The molecule has 1 amide bonds. The van der Waals surface area contributed by atoms with E-state index in [1.807, 2.05) is 42.5 Å². The number of benzene rings is 2. The molecule has 2 N–H and O–H groups in total. The van der Waals surface area contributed by atoms with E-state index < -0.39 is 0 Å². The van der Waals surface area contributed by atoms with E-state index in [0.29, 0.717) is 35.2 Å². The normalized spacial score (nSPS) is 18.0. The second-order valence-corrected chi connectivity index (χ2v) is 9.16. The van der Waals surface area contributed by atoms with Crippen LogP contribution >= 0.6 is 0 Å². The number of piperidine rings is 1. The van der Waals surface area contributed by atoms with Crippen LogP contribution < -0.4 is 15.4 Å². The molecule has 0 aliphatic carbocycles. The van der Waals surface area contributed by atoms with Gasteiger partial charge in [0.15, 0.2) is 0 Å². The standard InChI is InChI=1S/C28H31N5O2/c1-18(15-29)16-30-27-22-14-21(9-8-20(22)10-11-26(27)35-4)24-6-5-7-25(31-24)28(34)32-23-12-13-33(3)17-19(23)2/h5-11,14,19,23,30H,1,12-13,16-17H2,2-4H3,(H,32,34)/t19-,23+/m0/s1. The fourth-order valence-corrected chi connectivity index (χ4v) is 4.58. The molecule has 0 radical (unpaired) electrons. The molecule has 0 bridgehead atoms. The number of nitrogens with zero attached hydrogens (tertiary/aromatic N) is 3. The van der Waals surface area contributed by atoms with Crippen molar-refractivity contribution in [3.8, 4) is 23.1 Å². The van der Waals surface area contributed by atoms with Gasteiger partial charge >= 0.3 is 0 Å². The van der Waals surface area contributed by atoms with Gasteiger partial charge in [0.1, 0.15) is 11.4 Å². The monoisotopic (exact) mass is 469 g/mol. The molecule has 0 saturated carbocycles. The minimum atomic E-state index is -0.145. The fraction of sp³-hybridized carbons (Fsp3) is 0.321. The molecule has 35 heavy (non-hydrogen) atoms. The van der Waals surface area contributed by atoms with Gasteiger partial charge in [-0.05, 0) is 55.6 Å². The predicted molar refractivity (Wildman–Crippen MR) is 140 cm³/mol. The highest BCUT2D eigenvalue weighted by Gasteiger charge is 2.26. The topological polar surface area (TPSA) is 90.3 Å². The number of fused-ring (bicyclic) bond motifs is 1. The summed E-state index contributed by atoms with van der Waals surface area (Å²) in [6, 6.07) is 17.6. The van der Waals surface area contributed by atoms with Crippen LogP contribution in [0.5, 0.6) is 5.75 Å². The fourth-order valence-electron chi connectivity index (χ4n) is 4.58. The lowest BCUT2D eigenvalue weighted by Crippen LogP contribution is -2.49. The van der Waals surface area contributed by atoms with Crippen molar-refractivity contribution in [3.05, 3.63) is 66.4 Å². The van der Waals surface area contributed by atoms with Crippen LogP contribution in [0.15, 0.2) is 60.7 Å². The highest BCUT2D eigenvalue weighted by atomic mass is 16.5. The summed E-state index contributed by atoms with van der Waals surface area (Å²) >= 11 is 0. The summed E-state index contributed by atoms with van der Waals surface area (Å²) < 4.78 is 5.56. The maximum absolute atomic E-state index is 13.0. The van der Waals surface area contributed by atoms with Gasteiger partial charge in [-0.1, -0.05) is 37.8 Å². The number of anilines is 1. The van der Waals surface area contributed by atoms with Crippen molar-refractivity contribution >= 4 is 22.4 Å². The van der Waals surface area contributed by atoms with Crippen LogP contribution in [0.1, 0.15) is 23.8 Å². The Morgan fingerprint density at radius 1 is 1.29 bits per heavy atom. The maximum Gasteiger partial charge on any atom is 0.270 e. The minimum absolute atomic E-state index is 0.145. The molecular weight excluding hydrogens is 438 g/mol. The average molecular weight is 470 g/mol. The van der Waals surface area contributed by atoms with Crippen molar-refractivity contribution in [2.24, 2.45) is 5.92 Å². The van der Waals surface area contributed by atoms with Crippen LogP contribution in [0.25, 0.3) is 22.0 Å². The van der Waals surface area contributed by atoms with E-state index in [4.69, 9.17) is 10.00 Å². The van der Waals surface area contributed by atoms with E-state index in [9.17, 15) is 4.79 Å². The first kappa shape index (κ1) is 24.2. The number of rotatable bonds is 7. The second-order valence-electron chi connectivity index (χ2n) is 9.16. The van der Waals surface area contributed by atoms with Crippen molar-refractivity contribution in [3.63, 3.8) is 0 Å². The Bertz CT molecular complexity index is 1300. The number of likely N-dealkylation sites (tertiary alicyclic amines) is 1. The molecule has 7 nitrogen and oxygen atoms in total. The highest BCUT2D eigenvalue weighted by molar-refractivity contribution is 5.99. The molecule has 7 heteroatoms. The summed E-state index contributed by atoms with van der Waals surface area (Å²) in [5.74, 6) is 0.918. The largest absolute Gasteiger partial charge is 0.495 e. The Morgan fingerprint density at radius 3 is 2.83 bits per heavy atom. The highest BCUT2D eigenvalue weighted by Crippen LogP contribution is 2.35. The van der Waals surface area contributed by atoms with E-state index in [2.05, 4.69) is 47.1 Å². The number of methoxy groups -OCH3 is 1. The third-order valence-electron chi connectivity index (χ3n) is 6.54. The molecule has 0 unspecified atom stereocenters. The Morgan fingerprint density at radius 2 is 2.09 bits per heavy atom. The summed E-state index contributed by atoms with van der Waals surface area (Å²) in [7, 11) is 3.73. The first-order valence-corrected chi connectivity index (χ1v) is 11.8. The number of aromatic nitrogens is 1. The summed E-state index contributed by atoms with van der Waals surface area (Å²) in [6.07, 6.45) is 0.934. The van der Waals surface area contributed by atoms with E-state index in [0.717, 1.165) is 41.5 Å². The minimum Gasteiger partial charge on any atom is -0.495 e. The lowest BCUT2D eigenvalue weighted by Gasteiger charge is -2.35. The zero-order valence-corrected chi connectivity index (χ0v) is 20.5. The van der Waals surface area contributed by atoms with Crippen LogP contribution in [0, 0.1) is 17.2 Å². The number of carbonyl (C=O) groups excluding carboxylic acids is 1. The van der Waals surface area contributed by atoms with Gasteiger partial charge in [0.05, 0.1) is 24.6 Å². The molecule has 1 aromatic heterocycles. The quantitative estimate of drug-likeness (QED) is 0.496. The van der Waals surface area contributed by atoms with Gasteiger partial charge in [-0.3, -0.25) is 4.79 Å². The Balaban J connectivity index is 1.63. The molecule has 180 valence electrons. The summed E-state index contributed by atoms with van der Waals surface area (Å²) in [4.78, 5) is 20.0. The Kier molecular flexibility index (Phi) is 7.33. The van der Waals surface area contributed by atoms with E-state index in [1.165, 1.54) is 0 Å². The van der Waals surface area contributed by atoms with Gasteiger partial charge in [-0.15, -0.1) is 0 Å². The van der Waals surface area contributed by atoms with Gasteiger partial charge in [0.2, 0.25) is 0 Å². The number of pyridine rings is 1. The number of hydrogen-bond donors (Lipinski definition) is 2. The summed E-state index contributed by atoms with van der Waals surface area (Å²) in [5, 5.41) is 17.5. The predicted octanol–water partition coefficient (Wildman–Crippen LogP) is 4.47. The third-order valence-corrected chi connectivity index (χ3v) is 6.54. The molecule has 1 saturated heterocycles. The molecule has 0 spiro atoms. The molecule has 1 aliphatic heterocycles. The number of hydrogen-bond acceptors (Lipinski definition) is 6. The first-order valence-electron chi connectivity index (χ1n) is 11.8. The van der Waals surface area contributed by atoms with Crippen LogP contribution in [0.2, 0.25) is 0 Å². The lowest BCUT2D eigenvalue weighted by atomic mass is 9.94. The zero-order valence-electron chi connectivity index (χ0n) is 20.5. The molecule has 2 atom stereocenters. The van der Waals surface area contributed by atoms with E-state index >= 15 is 0 Å². The van der Waals surface area contributed by atoms with Crippen molar-refractivity contribution in [2.75, 3.05) is 39.1 Å². The third kappa shape index (κ3) is 5.44. The molecule has 2 heterocycles. The van der Waals surface area contributed by atoms with Gasteiger partial charge in [0, 0.05) is 35.7 Å². The van der Waals surface area contributed by atoms with Gasteiger partial charge in [0.25, 0.3) is 5.91 Å². The number of carbonyl (C=O) groups is 1. The van der Waals surface area contributed by atoms with Crippen molar-refractivity contribution in [2.45, 2.75) is 19.4 Å². The summed E-state index contributed by atoms with van der Waals surface area (Å²) in [5.41, 5.74) is 3.22. The molecule has 1 fully saturated rings. The molecule has 1 aliphatic rings. The summed E-state index contributed by atoms with van der Waals surface area (Å²) in [6.45, 7) is 8.18. The van der Waals surface area contributed by atoms with Crippen molar-refractivity contribution in [1.82, 2.24) is 15.2 Å². The number of nitriles is 1. The van der Waals surface area contributed by atoms with E-state index in [1.54, 1.807) is 13.2 Å². The van der Waals surface area contributed by atoms with Gasteiger partial charge < -0.3 is 20.3 Å². The molecule has 4 rings (SSSR count). The number of amides is 1.